The Morgan fingerprint density at radius 1 is 1.25 bits per heavy atom. The van der Waals surface area contributed by atoms with Crippen molar-refractivity contribution >= 4 is 44.8 Å². The fourth-order valence-corrected chi connectivity index (χ4v) is 4.28. The van der Waals surface area contributed by atoms with E-state index < -0.39 is 16.1 Å². The number of anilines is 1. The average molecular weight is 443 g/mol. The summed E-state index contributed by atoms with van der Waals surface area (Å²) in [5.74, 6) is -0.0642. The Bertz CT molecular complexity index is 982. The van der Waals surface area contributed by atoms with Crippen LogP contribution < -0.4 is 14.4 Å². The van der Waals surface area contributed by atoms with Gasteiger partial charge in [0.15, 0.2) is 6.10 Å². The fourth-order valence-electron chi connectivity index (χ4n) is 2.98. The molecule has 3 rings (SSSR count). The molecule has 1 unspecified atom stereocenters. The number of rotatable bonds is 6. The van der Waals surface area contributed by atoms with Gasteiger partial charge in [0.05, 0.1) is 18.5 Å². The van der Waals surface area contributed by atoms with Gasteiger partial charge in [0, 0.05) is 16.6 Å². The van der Waals surface area contributed by atoms with Gasteiger partial charge in [0.2, 0.25) is 10.0 Å². The number of nitrogens with zero attached hydrogens (tertiary/aromatic N) is 1. The number of nitrogens with one attached hydrogen (secondary N) is 1. The molecular formula is C19H20Cl2N2O4S. The van der Waals surface area contributed by atoms with Gasteiger partial charge in [-0.2, -0.15) is 0 Å². The summed E-state index contributed by atoms with van der Waals surface area (Å²) in [6.07, 6.45) is 1.57. The van der Waals surface area contributed by atoms with Gasteiger partial charge in [-0.25, -0.2) is 8.42 Å². The lowest BCUT2D eigenvalue weighted by Gasteiger charge is -2.34. The van der Waals surface area contributed by atoms with E-state index in [-0.39, 0.29) is 12.5 Å². The normalized spacial score (nSPS) is 16.2. The van der Waals surface area contributed by atoms with E-state index in [1.54, 1.807) is 12.1 Å². The first-order chi connectivity index (χ1) is 13.3. The third-order valence-electron chi connectivity index (χ3n) is 4.36. The quantitative estimate of drug-likeness (QED) is 0.696. The predicted molar refractivity (Wildman–Crippen MR) is 111 cm³/mol. The molecule has 1 amide bonds. The molecule has 28 heavy (non-hydrogen) atoms. The van der Waals surface area contributed by atoms with E-state index in [2.05, 4.69) is 5.32 Å². The monoisotopic (exact) mass is 442 g/mol. The van der Waals surface area contributed by atoms with E-state index in [1.807, 2.05) is 24.3 Å². The van der Waals surface area contributed by atoms with E-state index in [4.69, 9.17) is 27.9 Å². The van der Waals surface area contributed by atoms with Gasteiger partial charge in [0.25, 0.3) is 5.91 Å². The number of carbonyl (C=O) groups is 1. The van der Waals surface area contributed by atoms with Gasteiger partial charge in [-0.1, -0.05) is 41.4 Å². The molecule has 1 atom stereocenters. The predicted octanol–water partition coefficient (Wildman–Crippen LogP) is 3.27. The number of sulfonamides is 1. The minimum absolute atomic E-state index is 0.109. The Balaban J connectivity index is 1.63. The molecule has 0 fully saturated rings. The van der Waals surface area contributed by atoms with E-state index >= 15 is 0 Å². The van der Waals surface area contributed by atoms with Gasteiger partial charge in [-0.05, 0) is 42.7 Å². The first-order valence-corrected chi connectivity index (χ1v) is 11.3. The number of benzene rings is 2. The SMILES string of the molecule is CS(=O)(=O)N1CC(C(=O)NCCCc2ccccc2Cl)Oc2ccc(Cl)cc21. The van der Waals surface area contributed by atoms with Crippen molar-refractivity contribution in [3.8, 4) is 5.75 Å². The molecule has 1 heterocycles. The first-order valence-electron chi connectivity index (χ1n) is 8.71. The van der Waals surface area contributed by atoms with Crippen molar-refractivity contribution in [3.63, 3.8) is 0 Å². The lowest BCUT2D eigenvalue weighted by molar-refractivity contribution is -0.127. The summed E-state index contributed by atoms with van der Waals surface area (Å²) >= 11 is 12.1. The Morgan fingerprint density at radius 2 is 2.00 bits per heavy atom. The summed E-state index contributed by atoms with van der Waals surface area (Å²) in [5.41, 5.74) is 1.35. The van der Waals surface area contributed by atoms with Crippen molar-refractivity contribution in [1.82, 2.24) is 5.32 Å². The minimum Gasteiger partial charge on any atom is -0.476 e. The molecular weight excluding hydrogens is 423 g/mol. The van der Waals surface area contributed by atoms with Crippen LogP contribution in [0.1, 0.15) is 12.0 Å². The molecule has 9 heteroatoms. The maximum absolute atomic E-state index is 12.5. The highest BCUT2D eigenvalue weighted by Crippen LogP contribution is 2.37. The Morgan fingerprint density at radius 3 is 2.71 bits per heavy atom. The first kappa shape index (κ1) is 20.8. The zero-order valence-electron chi connectivity index (χ0n) is 15.2. The second kappa shape index (κ2) is 8.59. The van der Waals surface area contributed by atoms with Crippen molar-refractivity contribution in [3.05, 3.63) is 58.1 Å². The molecule has 2 aromatic rings. The van der Waals surface area contributed by atoms with E-state index in [1.165, 1.54) is 6.07 Å². The van der Waals surface area contributed by atoms with Crippen LogP contribution in [0.5, 0.6) is 5.75 Å². The Kier molecular flexibility index (Phi) is 6.37. The van der Waals surface area contributed by atoms with Gasteiger partial charge in [0.1, 0.15) is 5.75 Å². The number of aryl methyl sites for hydroxylation is 1. The van der Waals surface area contributed by atoms with Gasteiger partial charge in [-0.15, -0.1) is 0 Å². The zero-order valence-corrected chi connectivity index (χ0v) is 17.5. The van der Waals surface area contributed by atoms with Crippen LogP contribution in [0, 0.1) is 0 Å². The second-order valence-corrected chi connectivity index (χ2v) is 9.25. The average Bonchev–Trinajstić information content (AvgIpc) is 2.64. The number of halogens is 2. The summed E-state index contributed by atoms with van der Waals surface area (Å²) in [4.78, 5) is 12.5. The topological polar surface area (TPSA) is 75.7 Å². The Hall–Kier alpha value is -1.96. The van der Waals surface area contributed by atoms with Crippen molar-refractivity contribution in [2.45, 2.75) is 18.9 Å². The fraction of sp³-hybridized carbons (Fsp3) is 0.316. The number of fused-ring (bicyclic) bond motifs is 1. The van der Waals surface area contributed by atoms with Crippen molar-refractivity contribution < 1.29 is 17.9 Å². The van der Waals surface area contributed by atoms with Crippen LogP contribution in [0.4, 0.5) is 5.69 Å². The summed E-state index contributed by atoms with van der Waals surface area (Å²) in [6, 6.07) is 12.2. The minimum atomic E-state index is -3.59. The third kappa shape index (κ3) is 4.90. The maximum atomic E-state index is 12.5. The summed E-state index contributed by atoms with van der Waals surface area (Å²) in [7, 11) is -3.59. The standard InChI is InChI=1S/C19H20Cl2N2O4S/c1-28(25,26)23-12-18(27-17-9-8-14(20)11-16(17)23)19(24)22-10-4-6-13-5-2-3-7-15(13)21/h2-3,5,7-9,11,18H,4,6,10,12H2,1H3,(H,22,24). The number of ether oxygens (including phenoxy) is 1. The second-order valence-electron chi connectivity index (χ2n) is 6.50. The molecule has 0 radical (unpaired) electrons. The lowest BCUT2D eigenvalue weighted by atomic mass is 10.1. The van der Waals surface area contributed by atoms with Crippen molar-refractivity contribution in [2.75, 3.05) is 23.7 Å². The van der Waals surface area contributed by atoms with Crippen molar-refractivity contribution in [2.24, 2.45) is 0 Å². The molecule has 150 valence electrons. The third-order valence-corrected chi connectivity index (χ3v) is 6.11. The molecule has 0 bridgehead atoms. The molecule has 0 spiro atoms. The van der Waals surface area contributed by atoms with Crippen LogP contribution in [-0.4, -0.2) is 39.8 Å². The highest BCUT2D eigenvalue weighted by atomic mass is 35.5. The highest BCUT2D eigenvalue weighted by molar-refractivity contribution is 7.92. The molecule has 1 aliphatic rings. The van der Waals surface area contributed by atoms with Crippen LogP contribution in [0.3, 0.4) is 0 Å². The smallest absolute Gasteiger partial charge is 0.263 e. The summed E-state index contributed by atoms with van der Waals surface area (Å²) < 4.78 is 31.2. The lowest BCUT2D eigenvalue weighted by Crippen LogP contribution is -2.50. The van der Waals surface area contributed by atoms with Crippen LogP contribution in [-0.2, 0) is 21.2 Å². The maximum Gasteiger partial charge on any atom is 0.263 e. The molecule has 1 N–H and O–H groups in total. The number of hydrogen-bond acceptors (Lipinski definition) is 4. The highest BCUT2D eigenvalue weighted by Gasteiger charge is 2.35. The van der Waals surface area contributed by atoms with E-state index in [0.29, 0.717) is 34.4 Å². The van der Waals surface area contributed by atoms with Gasteiger partial charge >= 0.3 is 0 Å². The van der Waals surface area contributed by atoms with Crippen LogP contribution in [0.15, 0.2) is 42.5 Å². The summed E-state index contributed by atoms with van der Waals surface area (Å²) in [6.45, 7) is 0.318. The molecule has 0 aliphatic carbocycles. The van der Waals surface area contributed by atoms with Crippen LogP contribution >= 0.6 is 23.2 Å². The van der Waals surface area contributed by atoms with E-state index in [9.17, 15) is 13.2 Å². The van der Waals surface area contributed by atoms with Gasteiger partial charge < -0.3 is 10.1 Å². The number of amides is 1. The zero-order chi connectivity index (χ0) is 20.3. The van der Waals surface area contributed by atoms with E-state index in [0.717, 1.165) is 22.5 Å². The molecule has 0 saturated carbocycles. The molecule has 1 aliphatic heterocycles. The van der Waals surface area contributed by atoms with Crippen LogP contribution in [0.2, 0.25) is 10.0 Å². The molecule has 6 nitrogen and oxygen atoms in total. The number of hydrogen-bond donors (Lipinski definition) is 1. The molecule has 0 aromatic heterocycles. The molecule has 0 saturated heterocycles. The molecule has 2 aromatic carbocycles. The van der Waals surface area contributed by atoms with Gasteiger partial charge in [-0.3, -0.25) is 9.10 Å². The summed E-state index contributed by atoms with van der Waals surface area (Å²) in [5, 5.41) is 3.89. The Labute approximate surface area is 174 Å². The largest absolute Gasteiger partial charge is 0.476 e. The number of carbonyl (C=O) groups excluding carboxylic acids is 1. The van der Waals surface area contributed by atoms with Crippen molar-refractivity contribution in [1.29, 1.82) is 0 Å². The van der Waals surface area contributed by atoms with Crippen LogP contribution in [0.25, 0.3) is 0 Å².